The van der Waals surface area contributed by atoms with Crippen molar-refractivity contribution in [2.45, 2.75) is 101 Å². The Bertz CT molecular complexity index is 2380. The smallest absolute Gasteiger partial charge is 0.245 e. The third-order valence-electron chi connectivity index (χ3n) is 11.7. The van der Waals surface area contributed by atoms with E-state index in [0.29, 0.717) is 24.0 Å². The van der Waals surface area contributed by atoms with Crippen LogP contribution in [-0.4, -0.2) is 118 Å². The molecule has 0 saturated carbocycles. The zero-order valence-corrected chi connectivity index (χ0v) is 36.9. The molecule has 7 amide bonds. The lowest BCUT2D eigenvalue weighted by atomic mass is 10.0. The van der Waals surface area contributed by atoms with Crippen LogP contribution in [0.2, 0.25) is 0 Å². The SMILES string of the molecule is CC(=O)N[C@@H](Cc1ccccc1)C(=O)NC1CCCNC(=O)[C@H](CCCN=C(N)N)NC(=O)[C@H](Cc2c[nH]c3ccccc23)NC(=O)[C@@H](Cc2ccc(O)cc2)NC(=O)[C@@H]2CCCN2C1=O. The number of nitrogens with one attached hydrogen (secondary N) is 7. The number of fused-ring (bicyclic) bond motifs is 2. The van der Waals surface area contributed by atoms with E-state index in [0.717, 1.165) is 16.5 Å². The van der Waals surface area contributed by atoms with E-state index < -0.39 is 77.6 Å². The highest BCUT2D eigenvalue weighted by molar-refractivity contribution is 5.98. The summed E-state index contributed by atoms with van der Waals surface area (Å²) in [5.41, 5.74) is 14.0. The van der Waals surface area contributed by atoms with Gasteiger partial charge in [0.2, 0.25) is 41.4 Å². The van der Waals surface area contributed by atoms with Gasteiger partial charge in [0, 0.05) is 62.9 Å². The van der Waals surface area contributed by atoms with Crippen molar-refractivity contribution < 1.29 is 38.7 Å². The second-order valence-electron chi connectivity index (χ2n) is 16.7. The molecule has 19 heteroatoms. The lowest BCUT2D eigenvalue weighted by Crippen LogP contribution is -2.60. The summed E-state index contributed by atoms with van der Waals surface area (Å²) in [5, 5.41) is 27.7. The molecular weight excluding hydrogens is 847 g/mol. The first-order valence-corrected chi connectivity index (χ1v) is 22.2. The van der Waals surface area contributed by atoms with Crippen LogP contribution in [0.5, 0.6) is 5.75 Å². The van der Waals surface area contributed by atoms with Gasteiger partial charge in [-0.05, 0) is 73.4 Å². The summed E-state index contributed by atoms with van der Waals surface area (Å²) in [6, 6.07) is 15.8. The molecule has 350 valence electrons. The zero-order valence-electron chi connectivity index (χ0n) is 36.9. The number of carbonyl (C=O) groups is 7. The van der Waals surface area contributed by atoms with Gasteiger partial charge in [0.25, 0.3) is 0 Å². The number of hydrogen-bond acceptors (Lipinski definition) is 9. The molecule has 3 heterocycles. The maximum atomic E-state index is 14.6. The molecule has 6 rings (SSSR count). The van der Waals surface area contributed by atoms with Gasteiger partial charge >= 0.3 is 0 Å². The molecule has 2 fully saturated rings. The summed E-state index contributed by atoms with van der Waals surface area (Å²) in [5.74, 6) is -4.27. The minimum Gasteiger partial charge on any atom is -0.508 e. The Labute approximate surface area is 382 Å². The van der Waals surface area contributed by atoms with Crippen LogP contribution in [-0.2, 0) is 52.8 Å². The number of phenolic OH excluding ortho intramolecular Hbond substituents is 1. The summed E-state index contributed by atoms with van der Waals surface area (Å²) in [7, 11) is 0. The highest BCUT2D eigenvalue weighted by Gasteiger charge is 2.40. The van der Waals surface area contributed by atoms with E-state index in [1.54, 1.807) is 18.3 Å². The van der Waals surface area contributed by atoms with Gasteiger partial charge in [-0.25, -0.2) is 0 Å². The number of rotatable bonds is 13. The lowest BCUT2D eigenvalue weighted by Gasteiger charge is -2.31. The Morgan fingerprint density at radius 2 is 1.48 bits per heavy atom. The molecule has 4 aromatic rings. The molecule has 3 aromatic carbocycles. The maximum Gasteiger partial charge on any atom is 0.245 e. The Morgan fingerprint density at radius 3 is 2.21 bits per heavy atom. The number of aromatic hydroxyl groups is 1. The van der Waals surface area contributed by atoms with E-state index in [2.05, 4.69) is 41.9 Å². The van der Waals surface area contributed by atoms with Gasteiger partial charge in [0.15, 0.2) is 5.96 Å². The monoisotopic (exact) mass is 905 g/mol. The van der Waals surface area contributed by atoms with Gasteiger partial charge in [-0.2, -0.15) is 0 Å². The van der Waals surface area contributed by atoms with E-state index in [9.17, 15) is 38.7 Å². The average Bonchev–Trinajstić information content (AvgIpc) is 3.96. The lowest BCUT2D eigenvalue weighted by molar-refractivity contribution is -0.142. The van der Waals surface area contributed by atoms with Crippen molar-refractivity contribution in [1.29, 1.82) is 0 Å². The molecule has 19 nitrogen and oxygen atoms in total. The van der Waals surface area contributed by atoms with Crippen molar-refractivity contribution in [1.82, 2.24) is 41.8 Å². The highest BCUT2D eigenvalue weighted by atomic mass is 16.3. The van der Waals surface area contributed by atoms with Gasteiger partial charge in [-0.1, -0.05) is 60.7 Å². The van der Waals surface area contributed by atoms with Gasteiger partial charge in [-0.15, -0.1) is 0 Å². The van der Waals surface area contributed by atoms with Gasteiger partial charge in [-0.3, -0.25) is 38.6 Å². The van der Waals surface area contributed by atoms with Crippen LogP contribution >= 0.6 is 0 Å². The molecule has 1 unspecified atom stereocenters. The van der Waals surface area contributed by atoms with Crippen LogP contribution in [0.15, 0.2) is 90.1 Å². The number of amides is 7. The number of hydrogen-bond donors (Lipinski definition) is 10. The van der Waals surface area contributed by atoms with Crippen molar-refractivity contribution in [3.63, 3.8) is 0 Å². The van der Waals surface area contributed by atoms with Gasteiger partial charge < -0.3 is 58.4 Å². The molecule has 2 aliphatic rings. The number of carbonyl (C=O) groups excluding carboxylic acids is 7. The van der Waals surface area contributed by atoms with Crippen LogP contribution in [0.3, 0.4) is 0 Å². The van der Waals surface area contributed by atoms with Crippen LogP contribution in [0.1, 0.15) is 62.1 Å². The van der Waals surface area contributed by atoms with Crippen molar-refractivity contribution in [3.05, 3.63) is 102 Å². The predicted molar refractivity (Wildman–Crippen MR) is 246 cm³/mol. The Hall–Kier alpha value is -7.44. The molecule has 2 aliphatic heterocycles. The fourth-order valence-corrected chi connectivity index (χ4v) is 8.37. The number of aromatic amines is 1. The number of aromatic nitrogens is 1. The first-order chi connectivity index (χ1) is 31.7. The number of H-pyrrole nitrogens is 1. The van der Waals surface area contributed by atoms with Crippen LogP contribution in [0.4, 0.5) is 0 Å². The predicted octanol–water partition coefficient (Wildman–Crippen LogP) is 0.300. The molecule has 66 heavy (non-hydrogen) atoms. The molecule has 1 aromatic heterocycles. The number of para-hydroxylation sites is 1. The van der Waals surface area contributed by atoms with E-state index in [1.165, 1.54) is 24.0 Å². The van der Waals surface area contributed by atoms with Crippen molar-refractivity contribution in [2.75, 3.05) is 19.6 Å². The average molecular weight is 906 g/mol. The fraction of sp³-hybridized carbons (Fsp3) is 0.404. The first kappa shape index (κ1) is 48.0. The number of guanidine groups is 1. The minimum absolute atomic E-state index is 0.00508. The van der Waals surface area contributed by atoms with Crippen molar-refractivity contribution >= 4 is 58.2 Å². The van der Waals surface area contributed by atoms with E-state index in [4.69, 9.17) is 11.5 Å². The zero-order chi connectivity index (χ0) is 47.2. The maximum absolute atomic E-state index is 14.6. The number of nitrogens with zero attached hydrogens (tertiary/aromatic N) is 2. The third-order valence-corrected chi connectivity index (χ3v) is 11.7. The fourth-order valence-electron chi connectivity index (χ4n) is 8.37. The summed E-state index contributed by atoms with van der Waals surface area (Å²) in [6.45, 7) is 1.68. The molecule has 0 bridgehead atoms. The molecule has 12 N–H and O–H groups in total. The topological polar surface area (TPSA) is 295 Å². The number of benzene rings is 3. The van der Waals surface area contributed by atoms with Crippen LogP contribution in [0, 0.1) is 0 Å². The van der Waals surface area contributed by atoms with Gasteiger partial charge in [0.1, 0.15) is 42.0 Å². The molecular formula is C47H59N11O8. The number of nitrogens with two attached hydrogens (primary N) is 2. The Kier molecular flexibility index (Phi) is 16.7. The minimum atomic E-state index is -1.28. The quantitative estimate of drug-likeness (QED) is 0.0498. The van der Waals surface area contributed by atoms with Crippen molar-refractivity contribution in [3.8, 4) is 5.75 Å². The van der Waals surface area contributed by atoms with Crippen molar-refractivity contribution in [2.24, 2.45) is 16.5 Å². The Balaban J connectivity index is 1.33. The second-order valence-corrected chi connectivity index (χ2v) is 16.7. The van der Waals surface area contributed by atoms with E-state index in [1.807, 2.05) is 54.6 Å². The summed E-state index contributed by atoms with van der Waals surface area (Å²) in [4.78, 5) is 107. The Morgan fingerprint density at radius 1 is 0.803 bits per heavy atom. The standard InChI is InChI=1S/C47H59N11O8/c1-28(59)53-37(24-29-10-3-2-4-11-29)42(62)55-36-15-8-21-50-41(61)35(14-7-22-51-47(48)49)54-44(64)39(26-31-27-52-34-13-6-5-12-33(31)34)56-43(63)38(25-30-17-19-32(60)20-18-30)57-45(65)40-16-9-23-58(40)46(36)66/h2-6,10-13,17-20,27,35-40,52,60H,7-9,14-16,21-26H2,1H3,(H,50,61)(H,53,59)(H,54,64)(H,55,62)(H,56,63)(H,57,65)(H4,48,49,51)/t35-,36?,37-,38+,39-,40-/m0/s1. The summed E-state index contributed by atoms with van der Waals surface area (Å²) < 4.78 is 0. The van der Waals surface area contributed by atoms with E-state index in [-0.39, 0.29) is 76.3 Å². The third kappa shape index (κ3) is 13.3. The number of aliphatic imine (C=N–C) groups is 1. The van der Waals surface area contributed by atoms with Crippen LogP contribution in [0.25, 0.3) is 10.9 Å². The molecule has 0 aliphatic carbocycles. The normalized spacial score (nSPS) is 21.5. The largest absolute Gasteiger partial charge is 0.508 e. The second kappa shape index (κ2) is 23.0. The number of phenols is 1. The molecule has 2 saturated heterocycles. The molecule has 0 spiro atoms. The summed E-state index contributed by atoms with van der Waals surface area (Å²) in [6.07, 6.45) is 3.20. The first-order valence-electron chi connectivity index (χ1n) is 22.2. The van der Waals surface area contributed by atoms with E-state index >= 15 is 0 Å². The molecule has 6 atom stereocenters. The summed E-state index contributed by atoms with van der Waals surface area (Å²) >= 11 is 0. The molecule has 0 radical (unpaired) electrons. The van der Waals surface area contributed by atoms with Crippen LogP contribution < -0.4 is 43.4 Å². The van der Waals surface area contributed by atoms with Gasteiger partial charge in [0.05, 0.1) is 0 Å². The highest BCUT2D eigenvalue weighted by Crippen LogP contribution is 2.22.